The Bertz CT molecular complexity index is 983. The smallest absolute Gasteiger partial charge is 0.191 e. The number of nitrogens with one attached hydrogen (secondary N) is 2. The molecule has 6 nitrogen and oxygen atoms in total. The molecule has 1 aliphatic rings. The lowest BCUT2D eigenvalue weighted by Gasteiger charge is -2.35. The van der Waals surface area contributed by atoms with Crippen molar-refractivity contribution in [3.63, 3.8) is 0 Å². The fraction of sp³-hybridized carbons (Fsp3) is 0.409. The number of guanidine groups is 1. The maximum atomic E-state index is 11.6. The van der Waals surface area contributed by atoms with E-state index < -0.39 is 9.84 Å². The van der Waals surface area contributed by atoms with Crippen molar-refractivity contribution in [3.05, 3.63) is 59.1 Å². The van der Waals surface area contributed by atoms with Gasteiger partial charge in [-0.15, -0.1) is 24.0 Å². The van der Waals surface area contributed by atoms with Crippen LogP contribution in [-0.2, 0) is 16.3 Å². The van der Waals surface area contributed by atoms with E-state index in [-0.39, 0.29) is 30.0 Å². The van der Waals surface area contributed by atoms with Crippen LogP contribution in [0, 0.1) is 0 Å². The molecule has 0 amide bonds. The molecule has 170 valence electrons. The standard InChI is InChI=1S/C22H29ClN4O2S.HI/c1-24-22(25-14-13-17-9-11-19(12-10-17)30(2,28)29)26-18-6-5-15-27(16-18)21-8-4-3-7-20(21)23;/h3-4,7-12,18H,5-6,13-16H2,1-2H3,(H2,24,25,26);1H. The van der Waals surface area contributed by atoms with Crippen molar-refractivity contribution in [2.24, 2.45) is 4.99 Å². The molecule has 1 heterocycles. The largest absolute Gasteiger partial charge is 0.368 e. The molecular weight excluding hydrogens is 547 g/mol. The number of benzene rings is 2. The highest BCUT2D eigenvalue weighted by atomic mass is 127. The summed E-state index contributed by atoms with van der Waals surface area (Å²) in [4.78, 5) is 7.01. The Labute approximate surface area is 207 Å². The van der Waals surface area contributed by atoms with Crippen LogP contribution in [-0.4, -0.2) is 53.4 Å². The van der Waals surface area contributed by atoms with Crippen molar-refractivity contribution >= 4 is 57.1 Å². The van der Waals surface area contributed by atoms with E-state index in [1.807, 2.05) is 30.3 Å². The van der Waals surface area contributed by atoms with Gasteiger partial charge in [0.15, 0.2) is 15.8 Å². The van der Waals surface area contributed by atoms with E-state index >= 15 is 0 Å². The molecule has 1 atom stereocenters. The third kappa shape index (κ3) is 7.54. The molecule has 0 aliphatic carbocycles. The fourth-order valence-corrected chi connectivity index (χ4v) is 4.52. The van der Waals surface area contributed by atoms with Gasteiger partial charge in [0.2, 0.25) is 0 Å². The molecule has 3 rings (SSSR count). The first-order chi connectivity index (χ1) is 14.4. The molecule has 2 N–H and O–H groups in total. The van der Waals surface area contributed by atoms with Crippen LogP contribution >= 0.6 is 35.6 Å². The number of hydrogen-bond donors (Lipinski definition) is 2. The Morgan fingerprint density at radius 2 is 1.90 bits per heavy atom. The quantitative estimate of drug-likeness (QED) is 0.311. The summed E-state index contributed by atoms with van der Waals surface area (Å²) in [6.45, 7) is 2.58. The van der Waals surface area contributed by atoms with Crippen LogP contribution in [0.25, 0.3) is 0 Å². The van der Waals surface area contributed by atoms with Crippen LogP contribution in [0.1, 0.15) is 18.4 Å². The third-order valence-electron chi connectivity index (χ3n) is 5.24. The van der Waals surface area contributed by atoms with Gasteiger partial charge >= 0.3 is 0 Å². The van der Waals surface area contributed by atoms with Crippen molar-refractivity contribution in [2.75, 3.05) is 37.8 Å². The zero-order valence-corrected chi connectivity index (χ0v) is 21.7. The Balaban J connectivity index is 0.00000341. The molecule has 0 spiro atoms. The van der Waals surface area contributed by atoms with Crippen LogP contribution in [0.4, 0.5) is 5.69 Å². The van der Waals surface area contributed by atoms with Crippen LogP contribution in [0.15, 0.2) is 58.4 Å². The number of sulfone groups is 1. The number of nitrogens with zero attached hydrogens (tertiary/aromatic N) is 2. The van der Waals surface area contributed by atoms with Crippen LogP contribution in [0.5, 0.6) is 0 Å². The van der Waals surface area contributed by atoms with Crippen molar-refractivity contribution in [1.82, 2.24) is 10.6 Å². The summed E-state index contributed by atoms with van der Waals surface area (Å²) in [6.07, 6.45) is 4.17. The summed E-state index contributed by atoms with van der Waals surface area (Å²) < 4.78 is 23.1. The number of rotatable bonds is 6. The number of halogens is 2. The van der Waals surface area contributed by atoms with E-state index in [1.165, 1.54) is 6.26 Å². The summed E-state index contributed by atoms with van der Waals surface area (Å²) in [5.41, 5.74) is 2.15. The number of piperidine rings is 1. The number of para-hydroxylation sites is 1. The summed E-state index contributed by atoms with van der Waals surface area (Å²) >= 11 is 6.37. The third-order valence-corrected chi connectivity index (χ3v) is 6.68. The Morgan fingerprint density at radius 1 is 1.19 bits per heavy atom. The van der Waals surface area contributed by atoms with Gasteiger partial charge in [-0.25, -0.2) is 8.42 Å². The van der Waals surface area contributed by atoms with Crippen LogP contribution in [0.3, 0.4) is 0 Å². The van der Waals surface area contributed by atoms with Crippen molar-refractivity contribution in [2.45, 2.75) is 30.2 Å². The maximum Gasteiger partial charge on any atom is 0.191 e. The number of anilines is 1. The van der Waals surface area contributed by atoms with E-state index in [2.05, 4.69) is 26.6 Å². The zero-order valence-electron chi connectivity index (χ0n) is 17.8. The van der Waals surface area contributed by atoms with Gasteiger partial charge in [-0.05, 0) is 49.1 Å². The SMILES string of the molecule is CN=C(NCCc1ccc(S(C)(=O)=O)cc1)NC1CCCN(c2ccccc2Cl)C1.I. The molecule has 1 saturated heterocycles. The highest BCUT2D eigenvalue weighted by Gasteiger charge is 2.22. The topological polar surface area (TPSA) is 73.8 Å². The second-order valence-electron chi connectivity index (χ2n) is 7.55. The molecule has 0 saturated carbocycles. The molecule has 31 heavy (non-hydrogen) atoms. The first kappa shape index (κ1) is 25.7. The lowest BCUT2D eigenvalue weighted by Crippen LogP contribution is -2.51. The second kappa shape index (κ2) is 11.9. The minimum Gasteiger partial charge on any atom is -0.368 e. The van der Waals surface area contributed by atoms with E-state index in [0.29, 0.717) is 11.4 Å². The van der Waals surface area contributed by atoms with Crippen molar-refractivity contribution in [1.29, 1.82) is 0 Å². The molecule has 2 aromatic rings. The average Bonchev–Trinajstić information content (AvgIpc) is 2.73. The molecular formula is C22H30ClIN4O2S. The summed E-state index contributed by atoms with van der Waals surface area (Å²) in [7, 11) is -1.39. The molecule has 1 aliphatic heterocycles. The van der Waals surface area contributed by atoms with Crippen molar-refractivity contribution < 1.29 is 8.42 Å². The lowest BCUT2D eigenvalue weighted by atomic mass is 10.0. The molecule has 1 unspecified atom stereocenters. The minimum atomic E-state index is -3.16. The van der Waals surface area contributed by atoms with Gasteiger partial charge < -0.3 is 15.5 Å². The van der Waals surface area contributed by atoms with Gasteiger partial charge in [0.05, 0.1) is 15.6 Å². The van der Waals surface area contributed by atoms with Gasteiger partial charge in [-0.2, -0.15) is 0 Å². The normalized spacial score (nSPS) is 17.1. The average molecular weight is 577 g/mol. The summed E-state index contributed by atoms with van der Waals surface area (Å²) in [5, 5.41) is 7.65. The zero-order chi connectivity index (χ0) is 21.6. The molecule has 0 aromatic heterocycles. The van der Waals surface area contributed by atoms with Gasteiger partial charge in [0, 0.05) is 39.0 Å². The minimum absolute atomic E-state index is 0. The highest BCUT2D eigenvalue weighted by Crippen LogP contribution is 2.27. The molecule has 0 bridgehead atoms. The molecule has 9 heteroatoms. The maximum absolute atomic E-state index is 11.6. The Hall–Kier alpha value is -1.52. The van der Waals surface area contributed by atoms with E-state index in [1.54, 1.807) is 19.2 Å². The first-order valence-corrected chi connectivity index (χ1v) is 12.4. The fourth-order valence-electron chi connectivity index (χ4n) is 3.64. The number of hydrogen-bond acceptors (Lipinski definition) is 4. The van der Waals surface area contributed by atoms with Crippen LogP contribution in [0.2, 0.25) is 5.02 Å². The van der Waals surface area contributed by atoms with E-state index in [9.17, 15) is 8.42 Å². The lowest BCUT2D eigenvalue weighted by molar-refractivity contribution is 0.468. The Morgan fingerprint density at radius 3 is 2.55 bits per heavy atom. The van der Waals surface area contributed by atoms with E-state index in [4.69, 9.17) is 11.6 Å². The van der Waals surface area contributed by atoms with Crippen LogP contribution < -0.4 is 15.5 Å². The molecule has 2 aromatic carbocycles. The van der Waals surface area contributed by atoms with E-state index in [0.717, 1.165) is 54.6 Å². The van der Waals surface area contributed by atoms with Gasteiger partial charge in [0.25, 0.3) is 0 Å². The number of aliphatic imine (C=N–C) groups is 1. The predicted octanol–water partition coefficient (Wildman–Crippen LogP) is 3.74. The summed E-state index contributed by atoms with van der Waals surface area (Å²) in [6, 6.07) is 15.3. The molecule has 0 radical (unpaired) electrons. The summed E-state index contributed by atoms with van der Waals surface area (Å²) in [5.74, 6) is 0.772. The molecule has 1 fully saturated rings. The first-order valence-electron chi connectivity index (χ1n) is 10.1. The van der Waals surface area contributed by atoms with Gasteiger partial charge in [-0.3, -0.25) is 4.99 Å². The van der Waals surface area contributed by atoms with Gasteiger partial charge in [0.1, 0.15) is 0 Å². The highest BCUT2D eigenvalue weighted by molar-refractivity contribution is 14.0. The monoisotopic (exact) mass is 576 g/mol. The van der Waals surface area contributed by atoms with Crippen molar-refractivity contribution in [3.8, 4) is 0 Å². The predicted molar refractivity (Wildman–Crippen MR) is 140 cm³/mol. The van der Waals surface area contributed by atoms with Gasteiger partial charge in [-0.1, -0.05) is 35.9 Å². The second-order valence-corrected chi connectivity index (χ2v) is 9.97. The Kier molecular flexibility index (Phi) is 9.90.